The summed E-state index contributed by atoms with van der Waals surface area (Å²) in [7, 11) is 1.31. The number of hydrogen-bond donors (Lipinski definition) is 3. The maximum atomic E-state index is 14.7. The van der Waals surface area contributed by atoms with Crippen molar-refractivity contribution in [3.63, 3.8) is 0 Å². The molecular weight excluding hydrogens is 658 g/mol. The maximum absolute atomic E-state index is 14.7. The van der Waals surface area contributed by atoms with Gasteiger partial charge in [0.2, 0.25) is 0 Å². The number of nitrogens with zero attached hydrogens (tertiary/aromatic N) is 1. The average molecular weight is 714 g/mol. The van der Waals surface area contributed by atoms with Crippen LogP contribution in [-0.4, -0.2) is 82.4 Å². The van der Waals surface area contributed by atoms with E-state index in [4.69, 9.17) is 24.8 Å². The normalized spacial score (nSPS) is 15.6. The highest BCUT2D eigenvalue weighted by Crippen LogP contribution is 2.30. The van der Waals surface area contributed by atoms with Crippen LogP contribution in [0.25, 0.3) is 0 Å². The van der Waals surface area contributed by atoms with Crippen molar-refractivity contribution in [2.24, 2.45) is 11.7 Å². The molecule has 51 heavy (non-hydrogen) atoms. The van der Waals surface area contributed by atoms with Crippen molar-refractivity contribution >= 4 is 29.7 Å². The van der Waals surface area contributed by atoms with E-state index in [-0.39, 0.29) is 12.5 Å². The van der Waals surface area contributed by atoms with Crippen LogP contribution in [0.3, 0.4) is 0 Å². The average Bonchev–Trinajstić information content (AvgIpc) is 3.09. The molecule has 4 N–H and O–H groups in total. The van der Waals surface area contributed by atoms with Crippen molar-refractivity contribution in [3.8, 4) is 0 Å². The second kappa shape index (κ2) is 19.9. The summed E-state index contributed by atoms with van der Waals surface area (Å²) in [5.74, 6) is -5.89. The zero-order valence-corrected chi connectivity index (χ0v) is 31.0. The van der Waals surface area contributed by atoms with Crippen LogP contribution in [-0.2, 0) is 56.0 Å². The predicted octanol–water partition coefficient (Wildman–Crippen LogP) is 3.78. The lowest BCUT2D eigenvalue weighted by atomic mass is 9.87. The molecule has 0 heterocycles. The molecule has 0 saturated heterocycles. The predicted molar refractivity (Wildman–Crippen MR) is 189 cm³/mol. The Morgan fingerprint density at radius 3 is 2.02 bits per heavy atom. The molecule has 2 rings (SSSR count). The van der Waals surface area contributed by atoms with Crippen molar-refractivity contribution in [1.29, 1.82) is 0 Å². The van der Waals surface area contributed by atoms with Gasteiger partial charge in [-0.1, -0.05) is 87.4 Å². The van der Waals surface area contributed by atoms with Crippen molar-refractivity contribution < 1.29 is 48.1 Å². The fraction of sp³-hybridized carbons (Fsp3) is 0.553. The number of carbonyl (C=O) groups is 5. The summed E-state index contributed by atoms with van der Waals surface area (Å²) >= 11 is 0. The van der Waals surface area contributed by atoms with Gasteiger partial charge >= 0.3 is 17.9 Å². The van der Waals surface area contributed by atoms with Crippen LogP contribution in [0.2, 0.25) is 0 Å². The number of nitrogens with one attached hydrogen (secondary N) is 1. The first-order valence-electron chi connectivity index (χ1n) is 17.3. The molecule has 13 heteroatoms. The van der Waals surface area contributed by atoms with Crippen molar-refractivity contribution in [2.45, 2.75) is 123 Å². The number of aliphatic hydroxyl groups excluding tert-OH is 1. The molecule has 0 aliphatic carbocycles. The Balaban J connectivity index is 2.73. The van der Waals surface area contributed by atoms with E-state index >= 15 is 0 Å². The molecule has 0 spiro atoms. The van der Waals surface area contributed by atoms with Crippen LogP contribution < -0.4 is 11.1 Å². The van der Waals surface area contributed by atoms with Gasteiger partial charge in [-0.2, -0.15) is 0 Å². The Hall–Kier alpha value is -4.33. The molecule has 13 nitrogen and oxygen atoms in total. The lowest BCUT2D eigenvalue weighted by molar-refractivity contribution is -0.233. The number of hydroxylamine groups is 2. The number of benzene rings is 2. The summed E-state index contributed by atoms with van der Waals surface area (Å²) in [4.78, 5) is 75.9. The van der Waals surface area contributed by atoms with Crippen LogP contribution in [0.15, 0.2) is 60.7 Å². The summed E-state index contributed by atoms with van der Waals surface area (Å²) < 4.78 is 16.5. The van der Waals surface area contributed by atoms with E-state index in [1.807, 2.05) is 13.0 Å². The standard InChI is InChI=1S/C38H55N3O10/c1-9-10-17-25(2)30(42)22-31(43)51-41(33(44)32(39)27(4)48-8)38(36(47)50-37(5,6)7,23-28-18-13-11-14-19-28)35(46)40-26(3)34(45)49-24-29-20-15-12-16-21-29/h11-16,18-21,25-27,30,32,42H,9-10,17,22-24,39H2,1-8H3,(H,40,46)/t25-,26-,27+,30-,32-,38-/m0/s1. The minimum absolute atomic E-state index is 0.0912. The Labute approximate surface area is 301 Å². The first-order chi connectivity index (χ1) is 24.0. The van der Waals surface area contributed by atoms with Gasteiger partial charge in [-0.25, -0.2) is 14.4 Å². The number of ether oxygens (including phenoxy) is 3. The van der Waals surface area contributed by atoms with E-state index in [2.05, 4.69) is 5.32 Å². The van der Waals surface area contributed by atoms with E-state index in [1.165, 1.54) is 21.0 Å². The molecule has 282 valence electrons. The topological polar surface area (TPSA) is 184 Å². The molecule has 0 unspecified atom stereocenters. The quantitative estimate of drug-likeness (QED) is 0.116. The minimum atomic E-state index is -2.78. The minimum Gasteiger partial charge on any atom is -0.459 e. The second-order valence-corrected chi connectivity index (χ2v) is 13.8. The molecule has 6 atom stereocenters. The number of aliphatic hydroxyl groups is 1. The highest BCUT2D eigenvalue weighted by molar-refractivity contribution is 6.11. The first kappa shape index (κ1) is 42.8. The summed E-state index contributed by atoms with van der Waals surface area (Å²) in [6.07, 6.45) is -0.948. The van der Waals surface area contributed by atoms with Gasteiger partial charge in [0.25, 0.3) is 17.4 Å². The van der Waals surface area contributed by atoms with Gasteiger partial charge in [-0.05, 0) is 58.1 Å². The summed E-state index contributed by atoms with van der Waals surface area (Å²) in [6.45, 7) is 11.2. The lowest BCUT2D eigenvalue weighted by Crippen LogP contribution is -2.71. The number of methoxy groups -OCH3 is 1. The van der Waals surface area contributed by atoms with Crippen LogP contribution in [0.5, 0.6) is 0 Å². The zero-order valence-electron chi connectivity index (χ0n) is 31.0. The van der Waals surface area contributed by atoms with Gasteiger partial charge in [-0.3, -0.25) is 9.59 Å². The third kappa shape index (κ3) is 12.7. The van der Waals surface area contributed by atoms with Crippen LogP contribution in [0, 0.1) is 5.92 Å². The zero-order chi connectivity index (χ0) is 38.4. The highest BCUT2D eigenvalue weighted by atomic mass is 16.7. The van der Waals surface area contributed by atoms with Crippen molar-refractivity contribution in [3.05, 3.63) is 71.8 Å². The van der Waals surface area contributed by atoms with Gasteiger partial charge in [0.05, 0.1) is 18.6 Å². The van der Waals surface area contributed by atoms with Gasteiger partial charge in [0.15, 0.2) is 0 Å². The van der Waals surface area contributed by atoms with Gasteiger partial charge in [-0.15, -0.1) is 5.06 Å². The van der Waals surface area contributed by atoms with E-state index in [1.54, 1.807) is 82.3 Å². The fourth-order valence-corrected chi connectivity index (χ4v) is 5.00. The molecular formula is C38H55N3O10. The first-order valence-corrected chi connectivity index (χ1v) is 17.3. The van der Waals surface area contributed by atoms with E-state index < -0.39 is 78.0 Å². The lowest BCUT2D eigenvalue weighted by Gasteiger charge is -2.41. The number of amides is 2. The largest absolute Gasteiger partial charge is 0.459 e. The number of carbonyl (C=O) groups excluding carboxylic acids is 5. The third-order valence-electron chi connectivity index (χ3n) is 8.29. The van der Waals surface area contributed by atoms with E-state index in [9.17, 15) is 29.1 Å². The molecule has 0 aliphatic rings. The molecule has 0 saturated carbocycles. The van der Waals surface area contributed by atoms with Crippen LogP contribution >= 0.6 is 0 Å². The third-order valence-corrected chi connectivity index (χ3v) is 8.29. The summed E-state index contributed by atoms with van der Waals surface area (Å²) in [5, 5.41) is 13.7. The number of nitrogens with two attached hydrogens (primary N) is 1. The molecule has 2 aromatic rings. The smallest absolute Gasteiger partial charge is 0.346 e. The van der Waals surface area contributed by atoms with Crippen LogP contribution in [0.1, 0.15) is 85.3 Å². The monoisotopic (exact) mass is 713 g/mol. The Morgan fingerprint density at radius 2 is 1.49 bits per heavy atom. The maximum Gasteiger partial charge on any atom is 0.346 e. The van der Waals surface area contributed by atoms with Crippen molar-refractivity contribution in [1.82, 2.24) is 10.4 Å². The molecule has 0 radical (unpaired) electrons. The Kier molecular flexibility index (Phi) is 16.7. The number of unbranched alkanes of at least 4 members (excludes halogenated alkanes) is 1. The Morgan fingerprint density at radius 1 is 0.922 bits per heavy atom. The van der Waals surface area contributed by atoms with Gasteiger partial charge in [0.1, 0.15) is 24.3 Å². The van der Waals surface area contributed by atoms with E-state index in [0.29, 0.717) is 22.6 Å². The molecule has 0 aromatic heterocycles. The van der Waals surface area contributed by atoms with Gasteiger partial charge in [0, 0.05) is 13.5 Å². The molecule has 2 aromatic carbocycles. The fourth-order valence-electron chi connectivity index (χ4n) is 5.00. The SMILES string of the molecule is CCCC[C@H](C)[C@@H](O)CC(=O)ON(C(=O)[C@@H](N)[C@@H](C)OC)[C@@](Cc1ccccc1)(C(=O)N[C@@H](C)C(=O)OCc1ccccc1)C(=O)OC(C)(C)C. The molecule has 0 fully saturated rings. The number of esters is 2. The second-order valence-electron chi connectivity index (χ2n) is 13.8. The van der Waals surface area contributed by atoms with Crippen molar-refractivity contribution in [2.75, 3.05) is 7.11 Å². The molecule has 0 bridgehead atoms. The van der Waals surface area contributed by atoms with Gasteiger partial charge < -0.3 is 35.2 Å². The highest BCUT2D eigenvalue weighted by Gasteiger charge is 2.59. The summed E-state index contributed by atoms with van der Waals surface area (Å²) in [5.41, 5.74) is 3.39. The summed E-state index contributed by atoms with van der Waals surface area (Å²) in [6, 6.07) is 14.2. The Bertz CT molecular complexity index is 1430. The molecule has 0 aliphatic heterocycles. The number of hydrogen-bond acceptors (Lipinski definition) is 11. The van der Waals surface area contributed by atoms with Crippen LogP contribution in [0.4, 0.5) is 0 Å². The van der Waals surface area contributed by atoms with E-state index in [0.717, 1.165) is 12.8 Å². The molecule has 2 amide bonds. The number of rotatable bonds is 18.